The molecule has 2 aromatic rings. The van der Waals surface area contributed by atoms with Crippen LogP contribution in [0.15, 0.2) is 34.9 Å². The Morgan fingerprint density at radius 2 is 2.05 bits per heavy atom. The summed E-state index contributed by atoms with van der Waals surface area (Å²) in [5, 5.41) is 0. The molecule has 0 amide bonds. The van der Waals surface area contributed by atoms with Crippen LogP contribution in [0.3, 0.4) is 0 Å². The summed E-state index contributed by atoms with van der Waals surface area (Å²) < 4.78 is 6.93. The summed E-state index contributed by atoms with van der Waals surface area (Å²) in [6.45, 7) is 4.50. The molecule has 0 fully saturated rings. The maximum atomic E-state index is 5.97. The summed E-state index contributed by atoms with van der Waals surface area (Å²) in [4.78, 5) is 4.33. The Bertz CT molecular complexity index is 586. The number of alkyl halides is 1. The van der Waals surface area contributed by atoms with E-state index in [1.807, 2.05) is 38.1 Å². The van der Waals surface area contributed by atoms with Gasteiger partial charge in [0.15, 0.2) is 0 Å². The molecule has 0 N–H and O–H groups in total. The Labute approximate surface area is 126 Å². The van der Waals surface area contributed by atoms with Crippen molar-refractivity contribution in [2.75, 3.05) is 0 Å². The predicted molar refractivity (Wildman–Crippen MR) is 81.7 cm³/mol. The van der Waals surface area contributed by atoms with Crippen LogP contribution in [-0.2, 0) is 12.5 Å². The molecule has 1 heterocycles. The molecule has 0 bridgehead atoms. The third-order valence-electron chi connectivity index (χ3n) is 2.93. The van der Waals surface area contributed by atoms with Crippen LogP contribution in [0.4, 0.5) is 0 Å². The topological polar surface area (TPSA) is 22.1 Å². The van der Waals surface area contributed by atoms with Crippen LogP contribution in [0, 0.1) is 13.8 Å². The first-order chi connectivity index (χ1) is 9.11. The van der Waals surface area contributed by atoms with Crippen molar-refractivity contribution < 1.29 is 4.74 Å². The van der Waals surface area contributed by atoms with E-state index in [9.17, 15) is 0 Å². The zero-order chi connectivity index (χ0) is 13.8. The van der Waals surface area contributed by atoms with Crippen LogP contribution in [0.25, 0.3) is 0 Å². The molecular weight excluding hydrogens is 326 g/mol. The number of aromatic nitrogens is 1. The summed E-state index contributed by atoms with van der Waals surface area (Å²) in [7, 11) is 0. The smallest absolute Gasteiger partial charge is 0.130 e. The van der Waals surface area contributed by atoms with Gasteiger partial charge in [0, 0.05) is 16.2 Å². The van der Waals surface area contributed by atoms with Gasteiger partial charge in [0.2, 0.25) is 0 Å². The zero-order valence-corrected chi connectivity index (χ0v) is 13.3. The molecule has 2 rings (SSSR count). The minimum atomic E-state index is 0.427. The van der Waals surface area contributed by atoms with Crippen molar-refractivity contribution in [2.45, 2.75) is 26.3 Å². The average Bonchev–Trinajstić information content (AvgIpc) is 2.38. The van der Waals surface area contributed by atoms with E-state index in [-0.39, 0.29) is 0 Å². The maximum Gasteiger partial charge on any atom is 0.130 e. The van der Waals surface area contributed by atoms with Gasteiger partial charge in [-0.05, 0) is 43.2 Å². The Balaban J connectivity index is 2.22. The van der Waals surface area contributed by atoms with Gasteiger partial charge in [0.1, 0.15) is 12.4 Å². The molecule has 0 unspecified atom stereocenters. The molecule has 1 aromatic carbocycles. The van der Waals surface area contributed by atoms with E-state index in [4.69, 9.17) is 16.3 Å². The number of ether oxygens (including phenoxy) is 1. The largest absolute Gasteiger partial charge is 0.487 e. The fourth-order valence-corrected chi connectivity index (χ4v) is 2.73. The van der Waals surface area contributed by atoms with E-state index >= 15 is 0 Å². The highest BCUT2D eigenvalue weighted by molar-refractivity contribution is 9.10. The van der Waals surface area contributed by atoms with E-state index in [0.29, 0.717) is 12.5 Å². The minimum absolute atomic E-state index is 0.427. The van der Waals surface area contributed by atoms with Crippen LogP contribution in [0.5, 0.6) is 5.75 Å². The van der Waals surface area contributed by atoms with Gasteiger partial charge in [-0.25, -0.2) is 0 Å². The molecule has 0 radical (unpaired) electrons. The summed E-state index contributed by atoms with van der Waals surface area (Å²) >= 11 is 9.44. The van der Waals surface area contributed by atoms with E-state index < -0.39 is 0 Å². The van der Waals surface area contributed by atoms with Crippen LogP contribution in [0.1, 0.15) is 22.4 Å². The molecule has 1 aromatic heterocycles. The SMILES string of the molecule is Cc1cccnc1COc1c(C)cc(Br)cc1CCl. The van der Waals surface area contributed by atoms with Crippen molar-refractivity contribution in [3.63, 3.8) is 0 Å². The third-order valence-corrected chi connectivity index (χ3v) is 3.68. The first-order valence-corrected chi connectivity index (χ1v) is 7.33. The Kier molecular flexibility index (Phi) is 4.83. The third kappa shape index (κ3) is 3.48. The molecule has 0 spiro atoms. The normalized spacial score (nSPS) is 10.5. The van der Waals surface area contributed by atoms with Gasteiger partial charge < -0.3 is 4.74 Å². The Morgan fingerprint density at radius 3 is 2.74 bits per heavy atom. The summed E-state index contributed by atoms with van der Waals surface area (Å²) in [5.74, 6) is 1.28. The fraction of sp³-hybridized carbons (Fsp3) is 0.267. The van der Waals surface area contributed by atoms with E-state index in [1.165, 1.54) is 0 Å². The summed E-state index contributed by atoms with van der Waals surface area (Å²) in [6.07, 6.45) is 1.78. The molecule has 0 aliphatic rings. The lowest BCUT2D eigenvalue weighted by Crippen LogP contribution is -2.03. The monoisotopic (exact) mass is 339 g/mol. The van der Waals surface area contributed by atoms with Crippen molar-refractivity contribution in [2.24, 2.45) is 0 Å². The average molecular weight is 341 g/mol. The van der Waals surface area contributed by atoms with Gasteiger partial charge in [0.05, 0.1) is 11.6 Å². The first-order valence-electron chi connectivity index (χ1n) is 6.00. The molecule has 0 saturated heterocycles. The number of benzene rings is 1. The van der Waals surface area contributed by atoms with Crippen molar-refractivity contribution >= 4 is 27.5 Å². The van der Waals surface area contributed by atoms with Crippen LogP contribution >= 0.6 is 27.5 Å². The van der Waals surface area contributed by atoms with Gasteiger partial charge in [0.25, 0.3) is 0 Å². The number of halogens is 2. The molecule has 0 aliphatic carbocycles. The lowest BCUT2D eigenvalue weighted by molar-refractivity contribution is 0.296. The van der Waals surface area contributed by atoms with E-state index in [1.54, 1.807) is 6.20 Å². The molecular formula is C15H15BrClNO. The van der Waals surface area contributed by atoms with E-state index in [2.05, 4.69) is 20.9 Å². The molecule has 0 saturated carbocycles. The van der Waals surface area contributed by atoms with E-state index in [0.717, 1.165) is 32.6 Å². The minimum Gasteiger partial charge on any atom is -0.487 e. The predicted octanol–water partition coefficient (Wildman–Crippen LogP) is 4.78. The molecule has 19 heavy (non-hydrogen) atoms. The summed E-state index contributed by atoms with van der Waals surface area (Å²) in [6, 6.07) is 7.97. The first kappa shape index (κ1) is 14.4. The van der Waals surface area contributed by atoms with Crippen molar-refractivity contribution in [1.82, 2.24) is 4.98 Å². The van der Waals surface area contributed by atoms with Crippen LogP contribution < -0.4 is 4.74 Å². The van der Waals surface area contributed by atoms with Gasteiger partial charge in [-0.2, -0.15) is 0 Å². The van der Waals surface area contributed by atoms with Crippen molar-refractivity contribution in [3.05, 3.63) is 57.3 Å². The molecule has 0 atom stereocenters. The maximum absolute atomic E-state index is 5.97. The Hall–Kier alpha value is -1.06. The second-order valence-electron chi connectivity index (χ2n) is 4.40. The molecule has 0 aliphatic heterocycles. The van der Waals surface area contributed by atoms with Gasteiger partial charge in [-0.15, -0.1) is 11.6 Å². The number of pyridine rings is 1. The number of hydrogen-bond acceptors (Lipinski definition) is 2. The molecule has 4 heteroatoms. The van der Waals surface area contributed by atoms with Gasteiger partial charge in [-0.3, -0.25) is 4.98 Å². The highest BCUT2D eigenvalue weighted by Crippen LogP contribution is 2.30. The van der Waals surface area contributed by atoms with Crippen LogP contribution in [-0.4, -0.2) is 4.98 Å². The lowest BCUT2D eigenvalue weighted by Gasteiger charge is -2.14. The number of rotatable bonds is 4. The second-order valence-corrected chi connectivity index (χ2v) is 5.58. The number of hydrogen-bond donors (Lipinski definition) is 0. The lowest BCUT2D eigenvalue weighted by atomic mass is 10.1. The van der Waals surface area contributed by atoms with Crippen LogP contribution in [0.2, 0.25) is 0 Å². The van der Waals surface area contributed by atoms with Crippen molar-refractivity contribution in [3.8, 4) is 5.75 Å². The Morgan fingerprint density at radius 1 is 1.26 bits per heavy atom. The van der Waals surface area contributed by atoms with Gasteiger partial charge in [-0.1, -0.05) is 22.0 Å². The number of aryl methyl sites for hydroxylation is 2. The fourth-order valence-electron chi connectivity index (χ4n) is 1.92. The highest BCUT2D eigenvalue weighted by Gasteiger charge is 2.09. The van der Waals surface area contributed by atoms with Gasteiger partial charge >= 0.3 is 0 Å². The van der Waals surface area contributed by atoms with Crippen molar-refractivity contribution in [1.29, 1.82) is 0 Å². The standard InChI is InChI=1S/C15H15BrClNO/c1-10-4-3-5-18-14(10)9-19-15-11(2)6-13(16)7-12(15)8-17/h3-7H,8-9H2,1-2H3. The molecule has 100 valence electrons. The quantitative estimate of drug-likeness (QED) is 0.747. The summed E-state index contributed by atoms with van der Waals surface area (Å²) in [5.41, 5.74) is 4.13. The number of nitrogens with zero attached hydrogens (tertiary/aromatic N) is 1. The highest BCUT2D eigenvalue weighted by atomic mass is 79.9. The zero-order valence-electron chi connectivity index (χ0n) is 10.9. The molecule has 2 nitrogen and oxygen atoms in total. The second kappa shape index (κ2) is 6.40.